The quantitative estimate of drug-likeness (QED) is 0.624. The van der Waals surface area contributed by atoms with E-state index in [9.17, 15) is 13.2 Å². The minimum absolute atomic E-state index is 0.117. The lowest BCUT2D eigenvalue weighted by Crippen LogP contribution is -2.35. The summed E-state index contributed by atoms with van der Waals surface area (Å²) in [7, 11) is 3.85. The fourth-order valence-electron chi connectivity index (χ4n) is 3.44. The van der Waals surface area contributed by atoms with Crippen molar-refractivity contribution in [2.75, 3.05) is 14.1 Å². The van der Waals surface area contributed by atoms with E-state index in [2.05, 4.69) is 0 Å². The van der Waals surface area contributed by atoms with Crippen LogP contribution >= 0.6 is 0 Å². The Morgan fingerprint density at radius 3 is 2.50 bits per heavy atom. The maximum atomic E-state index is 13.2. The van der Waals surface area contributed by atoms with Crippen LogP contribution in [-0.4, -0.2) is 30.8 Å². The van der Waals surface area contributed by atoms with Crippen LogP contribution in [0.2, 0.25) is 0 Å². The van der Waals surface area contributed by atoms with E-state index >= 15 is 0 Å². The van der Waals surface area contributed by atoms with Gasteiger partial charge < -0.3 is 9.47 Å². The van der Waals surface area contributed by atoms with Gasteiger partial charge in [-0.2, -0.15) is 13.2 Å². The molecule has 0 bridgehead atoms. The molecule has 6 heteroatoms. The average molecular weight is 393 g/mol. The van der Waals surface area contributed by atoms with E-state index in [-0.39, 0.29) is 12.1 Å². The van der Waals surface area contributed by atoms with Crippen molar-refractivity contribution >= 4 is 0 Å². The Hall–Kier alpha value is -2.21. The molecule has 152 valence electrons. The monoisotopic (exact) mass is 393 g/mol. The van der Waals surface area contributed by atoms with E-state index in [0.29, 0.717) is 23.5 Å². The number of hydrogen-bond donors (Lipinski definition) is 0. The first-order chi connectivity index (χ1) is 13.0. The fraction of sp³-hybridized carbons (Fsp3) is 0.455. The van der Waals surface area contributed by atoms with Gasteiger partial charge in [0.15, 0.2) is 0 Å². The molecular weight excluding hydrogens is 367 g/mol. The number of hydrogen-bond acceptors (Lipinski definition) is 3. The molecule has 1 aliphatic rings. The first-order valence-corrected chi connectivity index (χ1v) is 9.29. The van der Waals surface area contributed by atoms with Gasteiger partial charge in [-0.15, -0.1) is 0 Å². The van der Waals surface area contributed by atoms with Crippen molar-refractivity contribution < 1.29 is 22.6 Å². The first-order valence-electron chi connectivity index (χ1n) is 9.29. The minimum Gasteiger partial charge on any atom is -0.487 e. The third kappa shape index (κ3) is 4.43. The van der Waals surface area contributed by atoms with Gasteiger partial charge in [0.2, 0.25) is 0 Å². The van der Waals surface area contributed by atoms with Gasteiger partial charge in [0.1, 0.15) is 23.3 Å². The molecule has 0 aromatic heterocycles. The summed E-state index contributed by atoms with van der Waals surface area (Å²) < 4.78 is 51.6. The number of fused-ring (bicyclic) bond motifs is 1. The molecule has 3 nitrogen and oxygen atoms in total. The average Bonchev–Trinajstić information content (AvgIpc) is 2.59. The van der Waals surface area contributed by atoms with Crippen LogP contribution in [0.3, 0.4) is 0 Å². The Labute approximate surface area is 164 Å². The van der Waals surface area contributed by atoms with Gasteiger partial charge in [-0.1, -0.05) is 24.3 Å². The second-order valence-electron chi connectivity index (χ2n) is 8.12. The fourth-order valence-corrected chi connectivity index (χ4v) is 3.44. The van der Waals surface area contributed by atoms with Crippen molar-refractivity contribution in [2.24, 2.45) is 0 Å². The van der Waals surface area contributed by atoms with Crippen LogP contribution in [0.15, 0.2) is 42.5 Å². The maximum absolute atomic E-state index is 13.2. The molecule has 2 aromatic carbocycles. The van der Waals surface area contributed by atoms with Crippen molar-refractivity contribution in [1.82, 2.24) is 4.90 Å². The second kappa shape index (κ2) is 7.32. The number of rotatable bonds is 4. The van der Waals surface area contributed by atoms with E-state index in [0.717, 1.165) is 11.6 Å². The maximum Gasteiger partial charge on any atom is 0.416 e. The summed E-state index contributed by atoms with van der Waals surface area (Å²) in [5.41, 5.74) is 0.388. The SMILES string of the molecule is CC(Oc1ccc2c(c1)OC(C)(C)CC2c1cccc(C(F)(F)F)c1)N(C)C. The summed E-state index contributed by atoms with van der Waals surface area (Å²) in [5.74, 6) is 1.14. The van der Waals surface area contributed by atoms with E-state index in [4.69, 9.17) is 9.47 Å². The van der Waals surface area contributed by atoms with Gasteiger partial charge in [-0.25, -0.2) is 0 Å². The normalized spacial score (nSPS) is 19.7. The molecule has 0 amide bonds. The molecule has 0 radical (unpaired) electrons. The molecule has 0 saturated heterocycles. The summed E-state index contributed by atoms with van der Waals surface area (Å²) in [6.07, 6.45) is -3.89. The predicted octanol–water partition coefficient (Wildman–Crippen LogP) is 5.68. The Balaban J connectivity index is 2.00. The Morgan fingerprint density at radius 2 is 1.86 bits per heavy atom. The first kappa shape index (κ1) is 20.5. The Morgan fingerprint density at radius 1 is 1.14 bits per heavy atom. The highest BCUT2D eigenvalue weighted by Gasteiger charge is 2.36. The topological polar surface area (TPSA) is 21.7 Å². The molecule has 2 aromatic rings. The van der Waals surface area contributed by atoms with Crippen LogP contribution in [0.5, 0.6) is 11.5 Å². The van der Waals surface area contributed by atoms with Gasteiger partial charge in [0.25, 0.3) is 0 Å². The summed E-state index contributed by atoms with van der Waals surface area (Å²) in [6, 6.07) is 11.1. The minimum atomic E-state index is -4.36. The lowest BCUT2D eigenvalue weighted by molar-refractivity contribution is -0.137. The number of alkyl halides is 3. The van der Waals surface area contributed by atoms with Gasteiger partial charge in [0.05, 0.1) is 5.56 Å². The summed E-state index contributed by atoms with van der Waals surface area (Å²) >= 11 is 0. The zero-order valence-electron chi connectivity index (χ0n) is 16.8. The third-order valence-electron chi connectivity index (χ3n) is 5.09. The molecule has 0 aliphatic carbocycles. The standard InChI is InChI=1S/C22H26F3NO2/c1-14(26(4)5)27-17-9-10-18-19(13-21(2,3)28-20(18)12-17)15-7-6-8-16(11-15)22(23,24)25/h6-12,14,19H,13H2,1-5H3. The number of halogens is 3. The number of ether oxygens (including phenoxy) is 2. The molecule has 3 rings (SSSR count). The highest BCUT2D eigenvalue weighted by Crippen LogP contribution is 2.46. The lowest BCUT2D eigenvalue weighted by atomic mass is 9.79. The molecule has 1 aliphatic heterocycles. The van der Waals surface area contributed by atoms with Crippen molar-refractivity contribution in [3.63, 3.8) is 0 Å². The molecule has 2 unspecified atom stereocenters. The lowest BCUT2D eigenvalue weighted by Gasteiger charge is -2.38. The predicted molar refractivity (Wildman–Crippen MR) is 103 cm³/mol. The molecule has 0 N–H and O–H groups in total. The Bertz CT molecular complexity index is 846. The smallest absolute Gasteiger partial charge is 0.416 e. The molecule has 2 atom stereocenters. The molecular formula is C22H26F3NO2. The van der Waals surface area contributed by atoms with Crippen LogP contribution in [0.1, 0.15) is 49.8 Å². The molecule has 0 saturated carbocycles. The molecule has 0 spiro atoms. The highest BCUT2D eigenvalue weighted by atomic mass is 19.4. The summed E-state index contributed by atoms with van der Waals surface area (Å²) in [6.45, 7) is 5.84. The summed E-state index contributed by atoms with van der Waals surface area (Å²) in [4.78, 5) is 1.94. The largest absolute Gasteiger partial charge is 0.487 e. The van der Waals surface area contributed by atoms with Crippen LogP contribution in [0.4, 0.5) is 13.2 Å². The van der Waals surface area contributed by atoms with Gasteiger partial charge in [-0.05, 0) is 59.0 Å². The van der Waals surface area contributed by atoms with Crippen LogP contribution < -0.4 is 9.47 Å². The van der Waals surface area contributed by atoms with Crippen LogP contribution in [0.25, 0.3) is 0 Å². The molecule has 0 fully saturated rings. The van der Waals surface area contributed by atoms with Crippen molar-refractivity contribution in [1.29, 1.82) is 0 Å². The van der Waals surface area contributed by atoms with Crippen molar-refractivity contribution in [3.05, 3.63) is 59.2 Å². The van der Waals surface area contributed by atoms with Crippen LogP contribution in [0, 0.1) is 0 Å². The second-order valence-corrected chi connectivity index (χ2v) is 8.12. The molecule has 28 heavy (non-hydrogen) atoms. The van der Waals surface area contributed by atoms with Gasteiger partial charge in [0, 0.05) is 17.5 Å². The van der Waals surface area contributed by atoms with Crippen LogP contribution in [-0.2, 0) is 6.18 Å². The van der Waals surface area contributed by atoms with E-state index in [1.54, 1.807) is 6.07 Å². The van der Waals surface area contributed by atoms with E-state index in [1.165, 1.54) is 12.1 Å². The number of nitrogens with zero attached hydrogens (tertiary/aromatic N) is 1. The van der Waals surface area contributed by atoms with Crippen molar-refractivity contribution in [2.45, 2.75) is 51.1 Å². The zero-order chi connectivity index (χ0) is 20.7. The van der Waals surface area contributed by atoms with Crippen molar-refractivity contribution in [3.8, 4) is 11.5 Å². The van der Waals surface area contributed by atoms with E-state index in [1.807, 2.05) is 58.0 Å². The van der Waals surface area contributed by atoms with Gasteiger partial charge in [-0.3, -0.25) is 4.90 Å². The van der Waals surface area contributed by atoms with Gasteiger partial charge >= 0.3 is 6.18 Å². The van der Waals surface area contributed by atoms with E-state index < -0.39 is 17.3 Å². The molecule has 1 heterocycles. The Kier molecular flexibility index (Phi) is 5.36. The zero-order valence-corrected chi connectivity index (χ0v) is 16.8. The number of benzene rings is 2. The third-order valence-corrected chi connectivity index (χ3v) is 5.09. The summed E-state index contributed by atoms with van der Waals surface area (Å²) in [5, 5.41) is 0. The highest BCUT2D eigenvalue weighted by molar-refractivity contribution is 5.49.